The number of rotatable bonds is 6. The van der Waals surface area contributed by atoms with Gasteiger partial charge in [-0.05, 0) is 24.6 Å². The lowest BCUT2D eigenvalue weighted by Crippen LogP contribution is -2.35. The summed E-state index contributed by atoms with van der Waals surface area (Å²) in [5, 5.41) is 14.0. The first-order valence-corrected chi connectivity index (χ1v) is 10.5. The Balaban J connectivity index is 1.60. The van der Waals surface area contributed by atoms with Crippen LogP contribution in [0.1, 0.15) is 45.8 Å². The number of methoxy groups -OCH3 is 2. The second-order valence-corrected chi connectivity index (χ2v) is 8.06. The van der Waals surface area contributed by atoms with Gasteiger partial charge in [0.05, 0.1) is 26.0 Å². The number of nitrogens with zero attached hydrogens (tertiary/aromatic N) is 4. The first kappa shape index (κ1) is 23.5. The number of ether oxygens (including phenoxy) is 2. The van der Waals surface area contributed by atoms with Gasteiger partial charge in [-0.15, -0.1) is 0 Å². The first-order valence-electron chi connectivity index (χ1n) is 10.5. The van der Waals surface area contributed by atoms with E-state index in [1.165, 1.54) is 20.3 Å². The SMILES string of the molecule is COc1ccc([C@H]2C[C@@H](C(F)(F)F)n3nc(C(=O)NCc4cn(C)nc4C)cc3N2)cc1OC. The minimum atomic E-state index is -4.56. The summed E-state index contributed by atoms with van der Waals surface area (Å²) in [5.74, 6) is 0.420. The molecular weight excluding hydrogens is 453 g/mol. The van der Waals surface area contributed by atoms with Crippen molar-refractivity contribution in [2.45, 2.75) is 38.1 Å². The van der Waals surface area contributed by atoms with Gasteiger partial charge in [-0.25, -0.2) is 4.68 Å². The predicted molar refractivity (Wildman–Crippen MR) is 117 cm³/mol. The average molecular weight is 478 g/mol. The summed E-state index contributed by atoms with van der Waals surface area (Å²) in [7, 11) is 4.71. The van der Waals surface area contributed by atoms with Gasteiger partial charge in [0.1, 0.15) is 5.82 Å². The van der Waals surface area contributed by atoms with Gasteiger partial charge in [0.15, 0.2) is 23.2 Å². The van der Waals surface area contributed by atoms with E-state index >= 15 is 0 Å². The van der Waals surface area contributed by atoms with Crippen LogP contribution in [-0.4, -0.2) is 45.9 Å². The number of halogens is 3. The van der Waals surface area contributed by atoms with Gasteiger partial charge in [-0.1, -0.05) is 6.07 Å². The van der Waals surface area contributed by atoms with Gasteiger partial charge < -0.3 is 20.1 Å². The number of hydrogen-bond acceptors (Lipinski definition) is 6. The van der Waals surface area contributed by atoms with Gasteiger partial charge in [-0.2, -0.15) is 23.4 Å². The van der Waals surface area contributed by atoms with Crippen molar-refractivity contribution in [3.05, 3.63) is 53.0 Å². The third kappa shape index (κ3) is 4.52. The minimum absolute atomic E-state index is 0.105. The zero-order valence-corrected chi connectivity index (χ0v) is 19.1. The van der Waals surface area contributed by atoms with Crippen molar-refractivity contribution in [1.29, 1.82) is 0 Å². The molecule has 0 aliphatic carbocycles. The molecule has 0 saturated carbocycles. The van der Waals surface area contributed by atoms with Gasteiger partial charge in [0.25, 0.3) is 5.91 Å². The molecule has 0 spiro atoms. The average Bonchev–Trinajstić information content (AvgIpc) is 3.37. The summed E-state index contributed by atoms with van der Waals surface area (Å²) < 4.78 is 54.8. The van der Waals surface area contributed by atoms with Crippen LogP contribution >= 0.6 is 0 Å². The highest BCUT2D eigenvalue weighted by molar-refractivity contribution is 5.93. The van der Waals surface area contributed by atoms with Crippen LogP contribution in [0.2, 0.25) is 0 Å². The van der Waals surface area contributed by atoms with Crippen molar-refractivity contribution in [1.82, 2.24) is 24.9 Å². The monoisotopic (exact) mass is 478 g/mol. The Labute approximate surface area is 193 Å². The van der Waals surface area contributed by atoms with Crippen molar-refractivity contribution >= 4 is 11.7 Å². The van der Waals surface area contributed by atoms with Crippen LogP contribution in [0, 0.1) is 6.92 Å². The molecule has 12 heteroatoms. The van der Waals surface area contributed by atoms with Crippen LogP contribution in [0.25, 0.3) is 0 Å². The summed E-state index contributed by atoms with van der Waals surface area (Å²) in [6, 6.07) is 3.72. The zero-order chi connectivity index (χ0) is 24.6. The number of benzene rings is 1. The number of carbonyl (C=O) groups is 1. The lowest BCUT2D eigenvalue weighted by atomic mass is 9.96. The molecule has 0 saturated heterocycles. The normalized spacial score (nSPS) is 17.6. The van der Waals surface area contributed by atoms with Crippen molar-refractivity contribution < 1.29 is 27.4 Å². The van der Waals surface area contributed by atoms with E-state index in [2.05, 4.69) is 20.8 Å². The van der Waals surface area contributed by atoms with E-state index in [9.17, 15) is 18.0 Å². The molecule has 2 atom stereocenters. The van der Waals surface area contributed by atoms with E-state index in [0.29, 0.717) is 17.1 Å². The van der Waals surface area contributed by atoms with Crippen molar-refractivity contribution in [2.24, 2.45) is 7.05 Å². The van der Waals surface area contributed by atoms with Crippen molar-refractivity contribution in [2.75, 3.05) is 19.5 Å². The second kappa shape index (κ2) is 8.92. The number of aromatic nitrogens is 4. The Hall–Kier alpha value is -3.70. The Morgan fingerprint density at radius 3 is 2.56 bits per heavy atom. The van der Waals surface area contributed by atoms with E-state index in [1.54, 1.807) is 36.1 Å². The molecule has 0 radical (unpaired) electrons. The maximum Gasteiger partial charge on any atom is 0.410 e. The number of alkyl halides is 3. The number of hydrogen-bond donors (Lipinski definition) is 2. The number of nitrogens with one attached hydrogen (secondary N) is 2. The van der Waals surface area contributed by atoms with Crippen LogP contribution in [0.15, 0.2) is 30.5 Å². The van der Waals surface area contributed by atoms with Crippen LogP contribution in [0.4, 0.5) is 19.0 Å². The van der Waals surface area contributed by atoms with E-state index in [-0.39, 0.29) is 24.5 Å². The van der Waals surface area contributed by atoms with E-state index in [4.69, 9.17) is 9.47 Å². The molecule has 1 aromatic carbocycles. The second-order valence-electron chi connectivity index (χ2n) is 8.06. The highest BCUT2D eigenvalue weighted by atomic mass is 19.4. The molecule has 1 aliphatic rings. The molecule has 182 valence electrons. The number of aryl methyl sites for hydroxylation is 2. The summed E-state index contributed by atoms with van der Waals surface area (Å²) >= 11 is 0. The minimum Gasteiger partial charge on any atom is -0.493 e. The summed E-state index contributed by atoms with van der Waals surface area (Å²) in [6.07, 6.45) is -3.09. The molecule has 0 unspecified atom stereocenters. The standard InChI is InChI=1S/C22H25F3N6O3/c1-12-14(11-30(2)28-12)10-26-21(32)16-9-20-27-15(8-19(22(23,24)25)31(20)29-16)13-5-6-17(33-3)18(7-13)34-4/h5-7,9,11,15,19,27H,8,10H2,1-4H3,(H,26,32)/t15-,19+/m1/s1. The fraction of sp³-hybridized carbons (Fsp3) is 0.409. The number of fused-ring (bicyclic) bond motifs is 1. The first-order chi connectivity index (χ1) is 16.1. The molecule has 0 fully saturated rings. The summed E-state index contributed by atoms with van der Waals surface area (Å²) in [5.41, 5.74) is 2.05. The molecule has 9 nitrogen and oxygen atoms in total. The Morgan fingerprint density at radius 1 is 1.21 bits per heavy atom. The number of carbonyl (C=O) groups excluding carboxylic acids is 1. The van der Waals surface area contributed by atoms with E-state index in [0.717, 1.165) is 15.9 Å². The smallest absolute Gasteiger partial charge is 0.410 e. The van der Waals surface area contributed by atoms with Crippen LogP contribution in [0.3, 0.4) is 0 Å². The maximum absolute atomic E-state index is 14.0. The van der Waals surface area contributed by atoms with Crippen molar-refractivity contribution in [3.8, 4) is 11.5 Å². The molecule has 4 rings (SSSR count). The van der Waals surface area contributed by atoms with Crippen LogP contribution in [0.5, 0.6) is 11.5 Å². The van der Waals surface area contributed by atoms with Gasteiger partial charge in [0.2, 0.25) is 0 Å². The molecule has 3 heterocycles. The van der Waals surface area contributed by atoms with Gasteiger partial charge in [0, 0.05) is 37.8 Å². The molecule has 2 N–H and O–H groups in total. The molecule has 0 bridgehead atoms. The largest absolute Gasteiger partial charge is 0.493 e. The zero-order valence-electron chi connectivity index (χ0n) is 19.1. The third-order valence-corrected chi connectivity index (χ3v) is 5.79. The molecule has 34 heavy (non-hydrogen) atoms. The fourth-order valence-electron chi connectivity index (χ4n) is 4.06. The maximum atomic E-state index is 14.0. The number of anilines is 1. The molecule has 1 amide bonds. The van der Waals surface area contributed by atoms with Crippen LogP contribution < -0.4 is 20.1 Å². The van der Waals surface area contributed by atoms with Crippen LogP contribution in [-0.2, 0) is 13.6 Å². The Kier molecular flexibility index (Phi) is 6.15. The number of amides is 1. The Morgan fingerprint density at radius 2 is 1.94 bits per heavy atom. The quantitative estimate of drug-likeness (QED) is 0.563. The third-order valence-electron chi connectivity index (χ3n) is 5.79. The molecule has 2 aromatic heterocycles. The molecule has 1 aliphatic heterocycles. The van der Waals surface area contributed by atoms with E-state index < -0.39 is 24.2 Å². The highest BCUT2D eigenvalue weighted by Gasteiger charge is 2.47. The van der Waals surface area contributed by atoms with Crippen molar-refractivity contribution in [3.63, 3.8) is 0 Å². The Bertz CT molecular complexity index is 1200. The lowest BCUT2D eigenvalue weighted by Gasteiger charge is -2.33. The molecule has 3 aromatic rings. The summed E-state index contributed by atoms with van der Waals surface area (Å²) in [6.45, 7) is 1.99. The topological polar surface area (TPSA) is 95.2 Å². The molecular formula is C22H25F3N6O3. The highest BCUT2D eigenvalue weighted by Crippen LogP contribution is 2.44. The lowest BCUT2D eigenvalue weighted by molar-refractivity contribution is -0.173. The van der Waals surface area contributed by atoms with Gasteiger partial charge in [-0.3, -0.25) is 9.48 Å². The van der Waals surface area contributed by atoms with Gasteiger partial charge >= 0.3 is 6.18 Å². The predicted octanol–water partition coefficient (Wildman–Crippen LogP) is 3.53. The summed E-state index contributed by atoms with van der Waals surface area (Å²) in [4.78, 5) is 12.7. The fourth-order valence-corrected chi connectivity index (χ4v) is 4.06. The van der Waals surface area contributed by atoms with E-state index in [1.807, 2.05) is 6.92 Å².